The quantitative estimate of drug-likeness (QED) is 0.770. The second-order valence-corrected chi connectivity index (χ2v) is 5.41. The number of nitrogens with zero attached hydrogens (tertiary/aromatic N) is 3. The molecule has 108 valence electrons. The fraction of sp³-hybridized carbons (Fsp3) is 0.143. The highest BCUT2D eigenvalue weighted by molar-refractivity contribution is 9.10. The van der Waals surface area contributed by atoms with Crippen LogP contribution >= 0.6 is 15.9 Å². The molecule has 2 N–H and O–H groups in total. The lowest BCUT2D eigenvalue weighted by molar-refractivity contribution is 0.399. The number of rotatable bonds is 2. The third-order valence-corrected chi connectivity index (χ3v) is 3.80. The third-order valence-electron chi connectivity index (χ3n) is 3.19. The highest BCUT2D eigenvalue weighted by Crippen LogP contribution is 2.29. The van der Waals surface area contributed by atoms with Gasteiger partial charge in [-0.15, -0.1) is 0 Å². The van der Waals surface area contributed by atoms with E-state index in [0.717, 1.165) is 5.56 Å². The third kappa shape index (κ3) is 2.23. The number of halogens is 2. The second-order valence-electron chi connectivity index (χ2n) is 4.55. The minimum absolute atomic E-state index is 0.285. The topological polar surface area (TPSA) is 66.0 Å². The summed E-state index contributed by atoms with van der Waals surface area (Å²) in [6, 6.07) is 6.59. The molecule has 5 nitrogen and oxygen atoms in total. The van der Waals surface area contributed by atoms with Crippen molar-refractivity contribution in [2.45, 2.75) is 6.92 Å². The molecule has 0 atom stereocenters. The Bertz CT molecular complexity index is 847. The van der Waals surface area contributed by atoms with Gasteiger partial charge in [-0.1, -0.05) is 0 Å². The van der Waals surface area contributed by atoms with E-state index in [4.69, 9.17) is 10.5 Å². The second kappa shape index (κ2) is 5.00. The van der Waals surface area contributed by atoms with Crippen molar-refractivity contribution in [3.8, 4) is 11.6 Å². The molecule has 0 fully saturated rings. The molecule has 0 saturated carbocycles. The van der Waals surface area contributed by atoms with Crippen molar-refractivity contribution in [3.63, 3.8) is 0 Å². The molecular formula is C14H12BrFN4O. The van der Waals surface area contributed by atoms with E-state index in [2.05, 4.69) is 25.9 Å². The lowest BCUT2D eigenvalue weighted by Crippen LogP contribution is -2.04. The first-order valence-electron chi connectivity index (χ1n) is 6.16. The number of methoxy groups -OCH3 is 1. The summed E-state index contributed by atoms with van der Waals surface area (Å²) in [7, 11) is 1.54. The summed E-state index contributed by atoms with van der Waals surface area (Å²) in [4.78, 5) is 8.64. The SMILES string of the molecule is COc1ccc2nc(N)n(-c3cc(Br)c(F)cc3C)c2n1. The van der Waals surface area contributed by atoms with E-state index in [1.807, 2.05) is 0 Å². The molecule has 0 aliphatic carbocycles. The summed E-state index contributed by atoms with van der Waals surface area (Å²) in [5.41, 5.74) is 8.65. The van der Waals surface area contributed by atoms with Crippen LogP contribution in [0.15, 0.2) is 28.7 Å². The van der Waals surface area contributed by atoms with Crippen molar-refractivity contribution in [2.75, 3.05) is 12.8 Å². The van der Waals surface area contributed by atoms with Crippen LogP contribution in [0.5, 0.6) is 5.88 Å². The largest absolute Gasteiger partial charge is 0.481 e. The highest BCUT2D eigenvalue weighted by atomic mass is 79.9. The molecule has 7 heteroatoms. The van der Waals surface area contributed by atoms with Gasteiger partial charge in [-0.05, 0) is 46.6 Å². The van der Waals surface area contributed by atoms with E-state index >= 15 is 0 Å². The summed E-state index contributed by atoms with van der Waals surface area (Å²) >= 11 is 3.19. The molecule has 0 bridgehead atoms. The van der Waals surface area contributed by atoms with E-state index in [1.165, 1.54) is 13.2 Å². The van der Waals surface area contributed by atoms with Crippen molar-refractivity contribution in [3.05, 3.63) is 40.1 Å². The number of nitrogen functional groups attached to an aromatic ring is 1. The van der Waals surface area contributed by atoms with Crippen molar-refractivity contribution >= 4 is 33.0 Å². The molecule has 21 heavy (non-hydrogen) atoms. The van der Waals surface area contributed by atoms with Crippen LogP contribution in [0.3, 0.4) is 0 Å². The fourth-order valence-corrected chi connectivity index (χ4v) is 2.52. The van der Waals surface area contributed by atoms with Gasteiger partial charge in [-0.25, -0.2) is 9.37 Å². The minimum atomic E-state index is -0.329. The monoisotopic (exact) mass is 350 g/mol. The molecule has 3 aromatic rings. The van der Waals surface area contributed by atoms with Gasteiger partial charge in [-0.2, -0.15) is 4.98 Å². The number of nitrogens with two attached hydrogens (primary N) is 1. The Balaban J connectivity index is 2.34. The van der Waals surface area contributed by atoms with E-state index in [0.29, 0.717) is 27.2 Å². The van der Waals surface area contributed by atoms with Gasteiger partial charge in [0, 0.05) is 6.07 Å². The first-order chi connectivity index (χ1) is 10.0. The Kier molecular flexibility index (Phi) is 3.29. The normalized spacial score (nSPS) is 11.0. The van der Waals surface area contributed by atoms with Gasteiger partial charge in [0.05, 0.1) is 17.3 Å². The Labute approximate surface area is 128 Å². The maximum atomic E-state index is 13.6. The van der Waals surface area contributed by atoms with Gasteiger partial charge < -0.3 is 10.5 Å². The van der Waals surface area contributed by atoms with Crippen molar-refractivity contribution in [1.29, 1.82) is 0 Å². The predicted molar refractivity (Wildman–Crippen MR) is 82.2 cm³/mol. The molecule has 3 rings (SSSR count). The lowest BCUT2D eigenvalue weighted by atomic mass is 10.2. The number of hydrogen-bond donors (Lipinski definition) is 1. The van der Waals surface area contributed by atoms with E-state index < -0.39 is 0 Å². The van der Waals surface area contributed by atoms with Crippen LogP contribution < -0.4 is 10.5 Å². The molecule has 0 aliphatic heterocycles. The van der Waals surface area contributed by atoms with Gasteiger partial charge >= 0.3 is 0 Å². The first kappa shape index (κ1) is 13.8. The van der Waals surface area contributed by atoms with Crippen molar-refractivity contribution < 1.29 is 9.13 Å². The summed E-state index contributed by atoms with van der Waals surface area (Å²) in [6.07, 6.45) is 0. The molecule has 0 saturated heterocycles. The molecule has 0 aliphatic rings. The van der Waals surface area contributed by atoms with Crippen molar-refractivity contribution in [1.82, 2.24) is 14.5 Å². The number of benzene rings is 1. The molecular weight excluding hydrogens is 339 g/mol. The molecule has 0 unspecified atom stereocenters. The molecule has 0 amide bonds. The smallest absolute Gasteiger partial charge is 0.215 e. The van der Waals surface area contributed by atoms with Crippen LogP contribution in [0, 0.1) is 12.7 Å². The van der Waals surface area contributed by atoms with E-state index in [9.17, 15) is 4.39 Å². The molecule has 1 aromatic carbocycles. The first-order valence-corrected chi connectivity index (χ1v) is 6.95. The van der Waals surface area contributed by atoms with E-state index in [1.54, 1.807) is 29.7 Å². The average molecular weight is 351 g/mol. The van der Waals surface area contributed by atoms with Gasteiger partial charge in [0.25, 0.3) is 0 Å². The van der Waals surface area contributed by atoms with Gasteiger partial charge in [0.1, 0.15) is 11.3 Å². The standard InChI is InChI=1S/C14H12BrFN4O/c1-7-5-9(16)8(15)6-11(7)20-13-10(18-14(20)17)3-4-12(19-13)21-2/h3-6H,1-2H3,(H2,17,18). The minimum Gasteiger partial charge on any atom is -0.481 e. The number of hydrogen-bond acceptors (Lipinski definition) is 4. The zero-order valence-electron chi connectivity index (χ0n) is 11.4. The highest BCUT2D eigenvalue weighted by Gasteiger charge is 2.15. The van der Waals surface area contributed by atoms with Crippen LogP contribution in [-0.2, 0) is 0 Å². The number of imidazole rings is 1. The number of aryl methyl sites for hydroxylation is 1. The molecule has 2 aromatic heterocycles. The van der Waals surface area contributed by atoms with Crippen LogP contribution in [0.25, 0.3) is 16.9 Å². The Hall–Kier alpha value is -2.15. The number of aromatic nitrogens is 3. The Morgan fingerprint density at radius 2 is 2.05 bits per heavy atom. The maximum absolute atomic E-state index is 13.6. The number of fused-ring (bicyclic) bond motifs is 1. The van der Waals surface area contributed by atoms with E-state index in [-0.39, 0.29) is 11.8 Å². The van der Waals surface area contributed by atoms with Crippen LogP contribution in [-0.4, -0.2) is 21.6 Å². The fourth-order valence-electron chi connectivity index (χ4n) is 2.19. The summed E-state index contributed by atoms with van der Waals surface area (Å²) in [6.45, 7) is 1.80. The Morgan fingerprint density at radius 3 is 2.76 bits per heavy atom. The summed E-state index contributed by atoms with van der Waals surface area (Å²) < 4.78 is 20.8. The van der Waals surface area contributed by atoms with Crippen LogP contribution in [0.1, 0.15) is 5.56 Å². The van der Waals surface area contributed by atoms with Crippen LogP contribution in [0.2, 0.25) is 0 Å². The zero-order chi connectivity index (χ0) is 15.1. The van der Waals surface area contributed by atoms with Crippen LogP contribution in [0.4, 0.5) is 10.3 Å². The molecule has 2 heterocycles. The summed E-state index contributed by atoms with van der Waals surface area (Å²) in [5, 5.41) is 0. The number of ether oxygens (including phenoxy) is 1. The zero-order valence-corrected chi connectivity index (χ0v) is 13.0. The summed E-state index contributed by atoms with van der Waals surface area (Å²) in [5.74, 6) is 0.416. The molecule has 0 spiro atoms. The maximum Gasteiger partial charge on any atom is 0.215 e. The number of anilines is 1. The van der Waals surface area contributed by atoms with Crippen molar-refractivity contribution in [2.24, 2.45) is 0 Å². The molecule has 0 radical (unpaired) electrons. The predicted octanol–water partition coefficient (Wildman–Crippen LogP) is 3.22. The van der Waals surface area contributed by atoms with Gasteiger partial charge in [0.15, 0.2) is 5.65 Å². The van der Waals surface area contributed by atoms with Gasteiger partial charge in [-0.3, -0.25) is 4.57 Å². The lowest BCUT2D eigenvalue weighted by Gasteiger charge is -2.11. The van der Waals surface area contributed by atoms with Gasteiger partial charge in [0.2, 0.25) is 11.8 Å². The average Bonchev–Trinajstić information content (AvgIpc) is 2.78. The number of pyridine rings is 1. The Morgan fingerprint density at radius 1 is 1.29 bits per heavy atom.